The predicted molar refractivity (Wildman–Crippen MR) is 94.4 cm³/mol. The Balaban J connectivity index is 1.87. The molecule has 6 heteroatoms. The molecule has 0 bridgehead atoms. The summed E-state index contributed by atoms with van der Waals surface area (Å²) in [6, 6.07) is 12.5. The fraction of sp³-hybridized carbons (Fsp3) is 0.250. The predicted octanol–water partition coefficient (Wildman–Crippen LogP) is 2.93. The summed E-state index contributed by atoms with van der Waals surface area (Å²) in [5.74, 6) is -2.52. The number of Topliss-reactive ketones (excluding diaryl/α,β-unsaturated/α-hetero) is 1. The first-order valence-electron chi connectivity index (χ1n) is 8.27. The van der Waals surface area contributed by atoms with Gasteiger partial charge in [-0.15, -0.1) is 0 Å². The summed E-state index contributed by atoms with van der Waals surface area (Å²) >= 11 is 0. The molecule has 136 valence electrons. The van der Waals surface area contributed by atoms with Crippen molar-refractivity contribution >= 4 is 17.7 Å². The Morgan fingerprint density at radius 3 is 2.35 bits per heavy atom. The molecular formula is C20H20FNO4. The van der Waals surface area contributed by atoms with Gasteiger partial charge >= 0.3 is 5.97 Å². The van der Waals surface area contributed by atoms with Crippen molar-refractivity contribution in [3.05, 3.63) is 71.0 Å². The third-order valence-corrected chi connectivity index (χ3v) is 3.84. The molecule has 0 saturated heterocycles. The minimum Gasteiger partial charge on any atom is -0.453 e. The van der Waals surface area contributed by atoms with Gasteiger partial charge < -0.3 is 10.1 Å². The lowest BCUT2D eigenvalue weighted by molar-refractivity contribution is -0.145. The van der Waals surface area contributed by atoms with E-state index in [2.05, 4.69) is 5.32 Å². The van der Waals surface area contributed by atoms with Gasteiger partial charge in [0.15, 0.2) is 6.10 Å². The zero-order valence-electron chi connectivity index (χ0n) is 14.6. The standard InChI is InChI=1S/C20H20FNO4/c1-3-14-8-10-15(11-9-14)19(24)13(2)26-18(23)12-22-20(25)16-6-4-5-7-17(16)21/h4-11,13H,3,12H2,1-2H3,(H,22,25)/t13-/m1/s1. The molecule has 0 aromatic heterocycles. The van der Waals surface area contributed by atoms with E-state index in [-0.39, 0.29) is 11.3 Å². The quantitative estimate of drug-likeness (QED) is 0.611. The van der Waals surface area contributed by atoms with Crippen LogP contribution in [0.5, 0.6) is 0 Å². The number of hydrogen-bond donors (Lipinski definition) is 1. The monoisotopic (exact) mass is 357 g/mol. The van der Waals surface area contributed by atoms with Crippen LogP contribution in [0.4, 0.5) is 4.39 Å². The molecule has 0 fully saturated rings. The molecular weight excluding hydrogens is 337 g/mol. The number of carbonyl (C=O) groups excluding carboxylic acids is 3. The van der Waals surface area contributed by atoms with Gasteiger partial charge in [0.2, 0.25) is 5.78 Å². The van der Waals surface area contributed by atoms with Crippen molar-refractivity contribution < 1.29 is 23.5 Å². The number of rotatable bonds is 7. The number of benzene rings is 2. The zero-order valence-corrected chi connectivity index (χ0v) is 14.6. The molecule has 1 amide bonds. The number of amides is 1. The van der Waals surface area contributed by atoms with Gasteiger partial charge in [0.25, 0.3) is 5.91 Å². The average Bonchev–Trinajstić information content (AvgIpc) is 2.66. The number of halogens is 1. The van der Waals surface area contributed by atoms with Gasteiger partial charge in [0, 0.05) is 5.56 Å². The first-order chi connectivity index (χ1) is 12.4. The van der Waals surface area contributed by atoms with Crippen molar-refractivity contribution in [3.63, 3.8) is 0 Å². The van der Waals surface area contributed by atoms with Crippen molar-refractivity contribution in [2.75, 3.05) is 6.54 Å². The van der Waals surface area contributed by atoms with Crippen LogP contribution in [-0.4, -0.2) is 30.3 Å². The molecule has 0 aliphatic carbocycles. The van der Waals surface area contributed by atoms with Gasteiger partial charge in [-0.2, -0.15) is 0 Å². The SMILES string of the molecule is CCc1ccc(C(=O)[C@@H](C)OC(=O)CNC(=O)c2ccccc2F)cc1. The van der Waals surface area contributed by atoms with Gasteiger partial charge in [-0.3, -0.25) is 14.4 Å². The van der Waals surface area contributed by atoms with E-state index in [1.165, 1.54) is 25.1 Å². The highest BCUT2D eigenvalue weighted by Gasteiger charge is 2.20. The Kier molecular flexibility index (Phi) is 6.60. The van der Waals surface area contributed by atoms with Crippen LogP contribution in [-0.2, 0) is 16.0 Å². The first-order valence-corrected chi connectivity index (χ1v) is 8.27. The van der Waals surface area contributed by atoms with Crippen LogP contribution >= 0.6 is 0 Å². The highest BCUT2D eigenvalue weighted by molar-refractivity contribution is 6.00. The lowest BCUT2D eigenvalue weighted by atomic mass is 10.0. The van der Waals surface area contributed by atoms with E-state index >= 15 is 0 Å². The maximum Gasteiger partial charge on any atom is 0.326 e. The molecule has 0 spiro atoms. The van der Waals surface area contributed by atoms with Crippen LogP contribution in [0, 0.1) is 5.82 Å². The van der Waals surface area contributed by atoms with Crippen molar-refractivity contribution in [2.45, 2.75) is 26.4 Å². The third kappa shape index (κ3) is 4.99. The van der Waals surface area contributed by atoms with Gasteiger partial charge in [-0.05, 0) is 31.0 Å². The fourth-order valence-electron chi connectivity index (χ4n) is 2.32. The Hall–Kier alpha value is -3.02. The Morgan fingerprint density at radius 2 is 1.73 bits per heavy atom. The Morgan fingerprint density at radius 1 is 1.08 bits per heavy atom. The molecule has 0 unspecified atom stereocenters. The van der Waals surface area contributed by atoms with Crippen molar-refractivity contribution in [1.29, 1.82) is 0 Å². The largest absolute Gasteiger partial charge is 0.453 e. The molecule has 0 heterocycles. The maximum absolute atomic E-state index is 13.5. The van der Waals surface area contributed by atoms with Crippen LogP contribution in [0.25, 0.3) is 0 Å². The molecule has 5 nitrogen and oxygen atoms in total. The molecule has 0 aliphatic rings. The second-order valence-corrected chi connectivity index (χ2v) is 5.71. The minimum atomic E-state index is -0.986. The van der Waals surface area contributed by atoms with Gasteiger partial charge in [-0.1, -0.05) is 43.3 Å². The van der Waals surface area contributed by atoms with Gasteiger partial charge in [0.05, 0.1) is 5.56 Å². The Labute approximate surface area is 151 Å². The van der Waals surface area contributed by atoms with Crippen LogP contribution in [0.15, 0.2) is 48.5 Å². The average molecular weight is 357 g/mol. The number of carbonyl (C=O) groups is 3. The third-order valence-electron chi connectivity index (χ3n) is 3.84. The van der Waals surface area contributed by atoms with Crippen LogP contribution < -0.4 is 5.32 Å². The molecule has 2 aromatic carbocycles. The summed E-state index contributed by atoms with van der Waals surface area (Å²) in [7, 11) is 0. The van der Waals surface area contributed by atoms with Crippen LogP contribution in [0.2, 0.25) is 0 Å². The summed E-state index contributed by atoms with van der Waals surface area (Å²) in [5.41, 5.74) is 1.38. The molecule has 0 radical (unpaired) electrons. The van der Waals surface area contributed by atoms with Crippen molar-refractivity contribution in [2.24, 2.45) is 0 Å². The summed E-state index contributed by atoms with van der Waals surface area (Å²) in [6.07, 6.45) is -0.124. The summed E-state index contributed by atoms with van der Waals surface area (Å²) in [6.45, 7) is 3.02. The molecule has 2 rings (SSSR count). The number of ketones is 1. The van der Waals surface area contributed by atoms with E-state index in [1.807, 2.05) is 19.1 Å². The molecule has 1 N–H and O–H groups in total. The van der Waals surface area contributed by atoms with Crippen LogP contribution in [0.1, 0.15) is 40.1 Å². The highest BCUT2D eigenvalue weighted by atomic mass is 19.1. The number of nitrogens with one attached hydrogen (secondary N) is 1. The summed E-state index contributed by atoms with van der Waals surface area (Å²) in [5, 5.41) is 2.27. The normalized spacial score (nSPS) is 11.5. The maximum atomic E-state index is 13.5. The van der Waals surface area contributed by atoms with Crippen LogP contribution in [0.3, 0.4) is 0 Å². The van der Waals surface area contributed by atoms with Crippen molar-refractivity contribution in [1.82, 2.24) is 5.32 Å². The highest BCUT2D eigenvalue weighted by Crippen LogP contribution is 2.10. The summed E-state index contributed by atoms with van der Waals surface area (Å²) < 4.78 is 18.5. The molecule has 2 aromatic rings. The molecule has 1 atom stereocenters. The zero-order chi connectivity index (χ0) is 19.1. The van der Waals surface area contributed by atoms with E-state index in [9.17, 15) is 18.8 Å². The van der Waals surface area contributed by atoms with Gasteiger partial charge in [-0.25, -0.2) is 4.39 Å². The second-order valence-electron chi connectivity index (χ2n) is 5.71. The fourth-order valence-corrected chi connectivity index (χ4v) is 2.32. The van der Waals surface area contributed by atoms with E-state index in [1.54, 1.807) is 12.1 Å². The summed E-state index contributed by atoms with van der Waals surface area (Å²) in [4.78, 5) is 35.9. The molecule has 0 saturated carbocycles. The Bertz CT molecular complexity index is 802. The van der Waals surface area contributed by atoms with E-state index in [0.717, 1.165) is 18.1 Å². The topological polar surface area (TPSA) is 72.5 Å². The smallest absolute Gasteiger partial charge is 0.326 e. The molecule has 26 heavy (non-hydrogen) atoms. The van der Waals surface area contributed by atoms with E-state index < -0.39 is 30.3 Å². The number of hydrogen-bond acceptors (Lipinski definition) is 4. The lowest BCUT2D eigenvalue weighted by Crippen LogP contribution is -2.34. The first kappa shape index (κ1) is 19.3. The molecule has 0 aliphatic heterocycles. The second kappa shape index (κ2) is 8.89. The minimum absolute atomic E-state index is 0.166. The number of ether oxygens (including phenoxy) is 1. The van der Waals surface area contributed by atoms with Gasteiger partial charge in [0.1, 0.15) is 12.4 Å². The number of esters is 1. The van der Waals surface area contributed by atoms with E-state index in [4.69, 9.17) is 4.74 Å². The van der Waals surface area contributed by atoms with E-state index in [0.29, 0.717) is 5.56 Å². The van der Waals surface area contributed by atoms with Crippen molar-refractivity contribution in [3.8, 4) is 0 Å². The number of aryl methyl sites for hydroxylation is 1. The lowest BCUT2D eigenvalue weighted by Gasteiger charge is -2.13.